The second-order valence-electron chi connectivity index (χ2n) is 6.86. The summed E-state index contributed by atoms with van der Waals surface area (Å²) in [6, 6.07) is 6.59. The number of aromatic carboxylic acids is 1. The first-order valence-corrected chi connectivity index (χ1v) is 10.2. The van der Waals surface area contributed by atoms with Gasteiger partial charge in [-0.05, 0) is 60.7 Å². The Labute approximate surface area is 172 Å². The van der Waals surface area contributed by atoms with Gasteiger partial charge in [0.25, 0.3) is 0 Å². The van der Waals surface area contributed by atoms with Gasteiger partial charge in [-0.25, -0.2) is 9.59 Å². The van der Waals surface area contributed by atoms with E-state index in [4.69, 9.17) is 22.1 Å². The number of carbonyl (C=O) groups excluding carboxylic acids is 1. The maximum absolute atomic E-state index is 12.3. The molecule has 0 saturated carbocycles. The number of thiocarbonyl (C=S) groups is 1. The molecule has 0 aliphatic heterocycles. The third-order valence-corrected chi connectivity index (χ3v) is 6.20. The second kappa shape index (κ2) is 8.70. The Hall–Kier alpha value is -2.45. The number of benzene rings is 1. The Morgan fingerprint density at radius 1 is 1.32 bits per heavy atom. The van der Waals surface area contributed by atoms with E-state index in [2.05, 4.69) is 17.6 Å². The van der Waals surface area contributed by atoms with E-state index in [1.54, 1.807) is 35.6 Å². The summed E-state index contributed by atoms with van der Waals surface area (Å²) in [5, 5.41) is 16.3. The molecule has 28 heavy (non-hydrogen) atoms. The molecule has 1 heterocycles. The van der Waals surface area contributed by atoms with Crippen LogP contribution in [0.1, 0.15) is 50.1 Å². The lowest BCUT2D eigenvalue weighted by Crippen LogP contribution is -2.28. The quantitative estimate of drug-likeness (QED) is 0.502. The summed E-state index contributed by atoms with van der Waals surface area (Å²) in [6.45, 7) is 2.66. The van der Waals surface area contributed by atoms with Crippen LogP contribution < -0.4 is 10.6 Å². The molecular weight excluding hydrogens is 396 g/mol. The number of ether oxygens (including phenoxy) is 1. The van der Waals surface area contributed by atoms with E-state index in [9.17, 15) is 9.59 Å². The Bertz CT molecular complexity index is 906. The molecule has 3 rings (SSSR count). The van der Waals surface area contributed by atoms with Gasteiger partial charge in [0, 0.05) is 11.4 Å². The Balaban J connectivity index is 1.69. The predicted octanol–water partition coefficient (Wildman–Crippen LogP) is 3.84. The number of hydrogen-bond acceptors (Lipinski definition) is 5. The molecule has 1 unspecified atom stereocenters. The fraction of sp³-hybridized carbons (Fsp3) is 0.350. The number of hydrogen-bond donors (Lipinski definition) is 3. The van der Waals surface area contributed by atoms with E-state index in [-0.39, 0.29) is 11.5 Å². The number of nitrogens with one attached hydrogen (secondary N) is 2. The average molecular weight is 419 g/mol. The molecule has 3 N–H and O–H groups in total. The van der Waals surface area contributed by atoms with Crippen LogP contribution >= 0.6 is 23.6 Å². The molecule has 8 heteroatoms. The third kappa shape index (κ3) is 4.51. The summed E-state index contributed by atoms with van der Waals surface area (Å²) in [7, 11) is 1.39. The minimum atomic E-state index is -0.956. The predicted molar refractivity (Wildman–Crippen MR) is 113 cm³/mol. The molecule has 0 spiro atoms. The largest absolute Gasteiger partial charge is 0.478 e. The van der Waals surface area contributed by atoms with Crippen molar-refractivity contribution in [3.63, 3.8) is 0 Å². The molecule has 0 radical (unpaired) electrons. The van der Waals surface area contributed by atoms with Gasteiger partial charge in [0.2, 0.25) is 0 Å². The Kier molecular flexibility index (Phi) is 6.31. The van der Waals surface area contributed by atoms with Crippen LogP contribution in [0.15, 0.2) is 24.3 Å². The van der Waals surface area contributed by atoms with E-state index in [0.29, 0.717) is 28.1 Å². The monoisotopic (exact) mass is 418 g/mol. The molecule has 6 nitrogen and oxygen atoms in total. The minimum Gasteiger partial charge on any atom is -0.478 e. The standard InChI is InChI=1S/C20H22N2O4S2/c1-11-3-8-14-15(9-11)28-17(16(14)19(25)26-2)22-20(27)21-10-12-4-6-13(7-5-12)18(23)24/h4-7,11H,3,8-10H2,1-2H3,(H,23,24)(H2,21,22,27). The zero-order chi connectivity index (χ0) is 20.3. The second-order valence-corrected chi connectivity index (χ2v) is 8.37. The van der Waals surface area contributed by atoms with Crippen molar-refractivity contribution in [2.24, 2.45) is 5.92 Å². The first-order valence-electron chi connectivity index (χ1n) is 8.99. The number of fused-ring (bicyclic) bond motifs is 1. The molecule has 1 aliphatic carbocycles. The van der Waals surface area contributed by atoms with Crippen LogP contribution in [0.2, 0.25) is 0 Å². The topological polar surface area (TPSA) is 87.7 Å². The lowest BCUT2D eigenvalue weighted by Gasteiger charge is -2.18. The molecular formula is C20H22N2O4S2. The number of carboxylic acid groups (broad SMARTS) is 1. The number of rotatable bonds is 5. The van der Waals surface area contributed by atoms with Gasteiger partial charge in [-0.3, -0.25) is 0 Å². The molecule has 148 valence electrons. The summed E-state index contributed by atoms with van der Waals surface area (Å²) < 4.78 is 4.99. The fourth-order valence-electron chi connectivity index (χ4n) is 3.25. The number of carboxylic acids is 1. The molecule has 1 aromatic heterocycles. The van der Waals surface area contributed by atoms with Gasteiger partial charge < -0.3 is 20.5 Å². The van der Waals surface area contributed by atoms with Gasteiger partial charge in [-0.15, -0.1) is 11.3 Å². The number of anilines is 1. The van der Waals surface area contributed by atoms with Crippen LogP contribution in [0.5, 0.6) is 0 Å². The zero-order valence-electron chi connectivity index (χ0n) is 15.7. The van der Waals surface area contributed by atoms with Crippen LogP contribution in [0.3, 0.4) is 0 Å². The summed E-state index contributed by atoms with van der Waals surface area (Å²) in [5.41, 5.74) is 2.81. The highest BCUT2D eigenvalue weighted by atomic mass is 32.1. The summed E-state index contributed by atoms with van der Waals surface area (Å²) >= 11 is 6.95. The number of methoxy groups -OCH3 is 1. The van der Waals surface area contributed by atoms with Crippen molar-refractivity contribution in [1.82, 2.24) is 5.32 Å². The molecule has 1 aliphatic rings. The SMILES string of the molecule is COC(=O)c1c(NC(=S)NCc2ccc(C(=O)O)cc2)sc2c1CCC(C)C2. The van der Waals surface area contributed by atoms with E-state index in [1.165, 1.54) is 12.0 Å². The Morgan fingerprint density at radius 2 is 2.04 bits per heavy atom. The normalized spacial score (nSPS) is 15.4. The third-order valence-electron chi connectivity index (χ3n) is 4.78. The van der Waals surface area contributed by atoms with Crippen LogP contribution in [-0.2, 0) is 24.1 Å². The maximum Gasteiger partial charge on any atom is 0.341 e. The molecule has 1 aromatic carbocycles. The van der Waals surface area contributed by atoms with Crippen LogP contribution in [-0.4, -0.2) is 29.3 Å². The smallest absolute Gasteiger partial charge is 0.341 e. The first kappa shape index (κ1) is 20.3. The summed E-state index contributed by atoms with van der Waals surface area (Å²) in [6.07, 6.45) is 2.89. The van der Waals surface area contributed by atoms with Crippen molar-refractivity contribution in [1.29, 1.82) is 0 Å². The number of thiophene rings is 1. The van der Waals surface area contributed by atoms with Gasteiger partial charge in [0.1, 0.15) is 5.00 Å². The van der Waals surface area contributed by atoms with Crippen molar-refractivity contribution in [2.75, 3.05) is 12.4 Å². The lowest BCUT2D eigenvalue weighted by atomic mass is 9.88. The van der Waals surface area contributed by atoms with Gasteiger partial charge >= 0.3 is 11.9 Å². The molecule has 0 bridgehead atoms. The number of esters is 1. The molecule has 1 atom stereocenters. The summed E-state index contributed by atoms with van der Waals surface area (Å²) in [4.78, 5) is 24.5. The minimum absolute atomic E-state index is 0.241. The van der Waals surface area contributed by atoms with E-state index in [0.717, 1.165) is 30.4 Å². The average Bonchev–Trinajstić information content (AvgIpc) is 3.02. The Morgan fingerprint density at radius 3 is 2.68 bits per heavy atom. The van der Waals surface area contributed by atoms with Crippen molar-refractivity contribution >= 4 is 45.6 Å². The highest BCUT2D eigenvalue weighted by Gasteiger charge is 2.28. The zero-order valence-corrected chi connectivity index (χ0v) is 17.3. The maximum atomic E-state index is 12.3. The van der Waals surface area contributed by atoms with Gasteiger partial charge in [-0.1, -0.05) is 19.1 Å². The highest BCUT2D eigenvalue weighted by molar-refractivity contribution is 7.80. The van der Waals surface area contributed by atoms with Gasteiger partial charge in [0.05, 0.1) is 18.2 Å². The van der Waals surface area contributed by atoms with Gasteiger partial charge in [0.15, 0.2) is 5.11 Å². The number of carbonyl (C=O) groups is 2. The van der Waals surface area contributed by atoms with Crippen molar-refractivity contribution in [3.8, 4) is 0 Å². The van der Waals surface area contributed by atoms with Crippen LogP contribution in [0, 0.1) is 5.92 Å². The van der Waals surface area contributed by atoms with Crippen molar-refractivity contribution in [3.05, 3.63) is 51.4 Å². The van der Waals surface area contributed by atoms with Crippen molar-refractivity contribution in [2.45, 2.75) is 32.7 Å². The first-order chi connectivity index (χ1) is 13.4. The van der Waals surface area contributed by atoms with E-state index in [1.807, 2.05) is 0 Å². The van der Waals surface area contributed by atoms with Crippen LogP contribution in [0.4, 0.5) is 5.00 Å². The fourth-order valence-corrected chi connectivity index (χ4v) is 4.89. The van der Waals surface area contributed by atoms with Gasteiger partial charge in [-0.2, -0.15) is 0 Å². The molecule has 2 aromatic rings. The molecule has 0 fully saturated rings. The van der Waals surface area contributed by atoms with E-state index < -0.39 is 5.97 Å². The van der Waals surface area contributed by atoms with Crippen molar-refractivity contribution < 1.29 is 19.4 Å². The molecule has 0 saturated heterocycles. The van der Waals surface area contributed by atoms with E-state index >= 15 is 0 Å². The van der Waals surface area contributed by atoms with Crippen LogP contribution in [0.25, 0.3) is 0 Å². The molecule has 0 amide bonds. The highest BCUT2D eigenvalue weighted by Crippen LogP contribution is 2.40. The lowest BCUT2D eigenvalue weighted by molar-refractivity contribution is 0.0600. The summed E-state index contributed by atoms with van der Waals surface area (Å²) in [5.74, 6) is -0.701.